The molecule has 0 heterocycles. The lowest BCUT2D eigenvalue weighted by atomic mass is 10.1. The predicted molar refractivity (Wildman–Crippen MR) is 74.6 cm³/mol. The van der Waals surface area contributed by atoms with E-state index in [2.05, 4.69) is 5.32 Å². The Morgan fingerprint density at radius 1 is 1.16 bits per heavy atom. The normalized spacial score (nSPS) is 10.2. The molecule has 0 saturated heterocycles. The van der Waals surface area contributed by atoms with Crippen molar-refractivity contribution in [2.75, 3.05) is 19.6 Å². The van der Waals surface area contributed by atoms with E-state index in [4.69, 9.17) is 5.73 Å². The molecule has 1 aromatic carbocycles. The predicted octanol–water partition coefficient (Wildman–Crippen LogP) is 0.743. The third-order valence-electron chi connectivity index (χ3n) is 2.96. The van der Waals surface area contributed by atoms with Crippen LogP contribution in [0.3, 0.4) is 0 Å². The van der Waals surface area contributed by atoms with Crippen molar-refractivity contribution in [2.24, 2.45) is 5.73 Å². The largest absolute Gasteiger partial charge is 0.366 e. The first kappa shape index (κ1) is 15.2. The van der Waals surface area contributed by atoms with Gasteiger partial charge in [-0.1, -0.05) is 12.1 Å². The lowest BCUT2D eigenvalue weighted by Crippen LogP contribution is -2.37. The van der Waals surface area contributed by atoms with Gasteiger partial charge in [-0.3, -0.25) is 9.59 Å². The van der Waals surface area contributed by atoms with Crippen molar-refractivity contribution in [3.05, 3.63) is 35.4 Å². The monoisotopic (exact) mass is 263 g/mol. The van der Waals surface area contributed by atoms with E-state index >= 15 is 0 Å². The van der Waals surface area contributed by atoms with Gasteiger partial charge in [0.15, 0.2) is 0 Å². The third-order valence-corrected chi connectivity index (χ3v) is 2.96. The van der Waals surface area contributed by atoms with Crippen LogP contribution in [0.25, 0.3) is 0 Å². The van der Waals surface area contributed by atoms with Gasteiger partial charge in [0, 0.05) is 25.2 Å². The number of hydrogen-bond donors (Lipinski definition) is 2. The molecule has 0 spiro atoms. The Balaban J connectivity index is 2.41. The highest BCUT2D eigenvalue weighted by atomic mass is 16.2. The summed E-state index contributed by atoms with van der Waals surface area (Å²) in [6.45, 7) is 6.29. The number of primary amides is 1. The van der Waals surface area contributed by atoms with Gasteiger partial charge in [0.25, 0.3) is 0 Å². The highest BCUT2D eigenvalue weighted by Crippen LogP contribution is 2.03. The second-order valence-corrected chi connectivity index (χ2v) is 4.23. The van der Waals surface area contributed by atoms with E-state index in [0.29, 0.717) is 18.7 Å². The van der Waals surface area contributed by atoms with Gasteiger partial charge in [0.1, 0.15) is 0 Å². The van der Waals surface area contributed by atoms with E-state index in [1.807, 2.05) is 26.0 Å². The summed E-state index contributed by atoms with van der Waals surface area (Å²) in [7, 11) is 0. The zero-order chi connectivity index (χ0) is 14.3. The van der Waals surface area contributed by atoms with Gasteiger partial charge in [-0.25, -0.2) is 0 Å². The molecule has 5 nitrogen and oxygen atoms in total. The molecular formula is C14H21N3O2. The van der Waals surface area contributed by atoms with Gasteiger partial charge in [0.2, 0.25) is 11.8 Å². The van der Waals surface area contributed by atoms with Gasteiger partial charge in [-0.15, -0.1) is 0 Å². The lowest BCUT2D eigenvalue weighted by Gasteiger charge is -2.18. The van der Waals surface area contributed by atoms with E-state index in [1.54, 1.807) is 17.0 Å². The zero-order valence-corrected chi connectivity index (χ0v) is 11.5. The van der Waals surface area contributed by atoms with Crippen molar-refractivity contribution >= 4 is 11.8 Å². The molecule has 104 valence electrons. The molecule has 19 heavy (non-hydrogen) atoms. The zero-order valence-electron chi connectivity index (χ0n) is 11.5. The van der Waals surface area contributed by atoms with Crippen molar-refractivity contribution in [3.63, 3.8) is 0 Å². The van der Waals surface area contributed by atoms with Crippen LogP contribution in [-0.4, -0.2) is 36.3 Å². The topological polar surface area (TPSA) is 75.4 Å². The summed E-state index contributed by atoms with van der Waals surface area (Å²) in [5.74, 6) is -0.338. The Labute approximate surface area is 113 Å². The van der Waals surface area contributed by atoms with Crippen LogP contribution in [0.1, 0.15) is 29.8 Å². The molecule has 0 aliphatic rings. The molecule has 0 aliphatic carbocycles. The standard InChI is InChI=1S/C14H21N3O2/c1-3-17(4-2)13(18)10-16-9-11-5-7-12(8-6-11)14(15)19/h5-8,16H,3-4,9-10H2,1-2H3,(H2,15,19). The summed E-state index contributed by atoms with van der Waals surface area (Å²) < 4.78 is 0. The number of nitrogens with one attached hydrogen (secondary N) is 1. The molecule has 1 rings (SSSR count). The van der Waals surface area contributed by atoms with Gasteiger partial charge in [-0.05, 0) is 31.5 Å². The fraction of sp³-hybridized carbons (Fsp3) is 0.429. The second-order valence-electron chi connectivity index (χ2n) is 4.23. The van der Waals surface area contributed by atoms with Crippen molar-refractivity contribution in [1.29, 1.82) is 0 Å². The Morgan fingerprint density at radius 3 is 2.21 bits per heavy atom. The highest BCUT2D eigenvalue weighted by molar-refractivity contribution is 5.92. The number of likely N-dealkylation sites (N-methyl/N-ethyl adjacent to an activating group) is 1. The molecular weight excluding hydrogens is 242 g/mol. The molecule has 0 aliphatic heterocycles. The first-order chi connectivity index (χ1) is 9.08. The minimum atomic E-state index is -0.434. The average molecular weight is 263 g/mol. The number of amides is 2. The maximum atomic E-state index is 11.7. The maximum absolute atomic E-state index is 11.7. The van der Waals surface area contributed by atoms with Crippen molar-refractivity contribution in [2.45, 2.75) is 20.4 Å². The Hall–Kier alpha value is -1.88. The summed E-state index contributed by atoms with van der Waals surface area (Å²) in [5, 5.41) is 3.09. The summed E-state index contributed by atoms with van der Waals surface area (Å²) in [6, 6.07) is 7.03. The summed E-state index contributed by atoms with van der Waals surface area (Å²) in [6.07, 6.45) is 0. The van der Waals surface area contributed by atoms with Crippen molar-refractivity contribution < 1.29 is 9.59 Å². The fourth-order valence-electron chi connectivity index (χ4n) is 1.79. The number of nitrogens with zero attached hydrogens (tertiary/aromatic N) is 1. The van der Waals surface area contributed by atoms with Gasteiger partial charge >= 0.3 is 0 Å². The SMILES string of the molecule is CCN(CC)C(=O)CNCc1ccc(C(N)=O)cc1. The first-order valence-electron chi connectivity index (χ1n) is 6.45. The molecule has 0 radical (unpaired) electrons. The van der Waals surface area contributed by atoms with Gasteiger partial charge in [0.05, 0.1) is 6.54 Å². The van der Waals surface area contributed by atoms with Crippen LogP contribution >= 0.6 is 0 Å². The summed E-state index contributed by atoms with van der Waals surface area (Å²) in [4.78, 5) is 24.4. The number of carbonyl (C=O) groups excluding carboxylic acids is 2. The van der Waals surface area contributed by atoms with E-state index < -0.39 is 5.91 Å². The first-order valence-corrected chi connectivity index (χ1v) is 6.45. The van der Waals surface area contributed by atoms with E-state index in [1.165, 1.54) is 0 Å². The highest BCUT2D eigenvalue weighted by Gasteiger charge is 2.08. The van der Waals surface area contributed by atoms with E-state index in [-0.39, 0.29) is 5.91 Å². The van der Waals surface area contributed by atoms with E-state index in [9.17, 15) is 9.59 Å². The lowest BCUT2D eigenvalue weighted by molar-refractivity contribution is -0.129. The molecule has 5 heteroatoms. The molecule has 0 fully saturated rings. The molecule has 3 N–H and O–H groups in total. The van der Waals surface area contributed by atoms with Crippen LogP contribution in [0.5, 0.6) is 0 Å². The van der Waals surface area contributed by atoms with Crippen molar-refractivity contribution in [3.8, 4) is 0 Å². The number of rotatable bonds is 7. The molecule has 0 saturated carbocycles. The van der Waals surface area contributed by atoms with Crippen LogP contribution in [0.2, 0.25) is 0 Å². The molecule has 0 bridgehead atoms. The van der Waals surface area contributed by atoms with Crippen LogP contribution in [0.4, 0.5) is 0 Å². The number of benzene rings is 1. The number of carbonyl (C=O) groups is 2. The van der Waals surface area contributed by atoms with Gasteiger partial charge in [-0.2, -0.15) is 0 Å². The van der Waals surface area contributed by atoms with Crippen LogP contribution in [0.15, 0.2) is 24.3 Å². The smallest absolute Gasteiger partial charge is 0.248 e. The maximum Gasteiger partial charge on any atom is 0.248 e. The third kappa shape index (κ3) is 4.71. The van der Waals surface area contributed by atoms with Crippen LogP contribution < -0.4 is 11.1 Å². The summed E-state index contributed by atoms with van der Waals surface area (Å²) in [5.41, 5.74) is 6.66. The number of nitrogens with two attached hydrogens (primary N) is 1. The minimum absolute atomic E-state index is 0.0961. The average Bonchev–Trinajstić information content (AvgIpc) is 2.40. The molecule has 0 atom stereocenters. The quantitative estimate of drug-likeness (QED) is 0.762. The Morgan fingerprint density at radius 2 is 1.74 bits per heavy atom. The fourth-order valence-corrected chi connectivity index (χ4v) is 1.79. The Kier molecular flexibility index (Phi) is 6.02. The summed E-state index contributed by atoms with van der Waals surface area (Å²) >= 11 is 0. The molecule has 0 unspecified atom stereocenters. The molecule has 1 aromatic rings. The Bertz CT molecular complexity index is 425. The second kappa shape index (κ2) is 7.53. The van der Waals surface area contributed by atoms with Gasteiger partial charge < -0.3 is 16.0 Å². The van der Waals surface area contributed by atoms with Crippen molar-refractivity contribution in [1.82, 2.24) is 10.2 Å². The van der Waals surface area contributed by atoms with Crippen LogP contribution in [0, 0.1) is 0 Å². The number of hydrogen-bond acceptors (Lipinski definition) is 3. The van der Waals surface area contributed by atoms with Crippen LogP contribution in [-0.2, 0) is 11.3 Å². The molecule has 2 amide bonds. The molecule has 0 aromatic heterocycles. The van der Waals surface area contributed by atoms with E-state index in [0.717, 1.165) is 18.7 Å². The minimum Gasteiger partial charge on any atom is -0.366 e.